The second-order valence-electron chi connectivity index (χ2n) is 4.86. The lowest BCUT2D eigenvalue weighted by Gasteiger charge is -2.18. The minimum atomic E-state index is -0.136. The number of nitrogens with zero attached hydrogens (tertiary/aromatic N) is 1. The van der Waals surface area contributed by atoms with Crippen molar-refractivity contribution in [1.29, 1.82) is 0 Å². The summed E-state index contributed by atoms with van der Waals surface area (Å²) in [6.07, 6.45) is 0. The minimum Gasteiger partial charge on any atom is -0.398 e. The summed E-state index contributed by atoms with van der Waals surface area (Å²) in [5.41, 5.74) is 8.85. The molecule has 20 heavy (non-hydrogen) atoms. The normalized spacial score (nSPS) is 10.3. The van der Waals surface area contributed by atoms with Crippen LogP contribution in [0.15, 0.2) is 42.5 Å². The van der Waals surface area contributed by atoms with Gasteiger partial charge in [0, 0.05) is 13.6 Å². The summed E-state index contributed by atoms with van der Waals surface area (Å²) in [5, 5.41) is 0.313. The summed E-state index contributed by atoms with van der Waals surface area (Å²) in [5.74, 6) is -0.136. The van der Waals surface area contributed by atoms with Crippen molar-refractivity contribution in [3.05, 3.63) is 64.2 Å². The number of halogens is 1. The first-order valence-electron chi connectivity index (χ1n) is 6.34. The van der Waals surface area contributed by atoms with E-state index >= 15 is 0 Å². The lowest BCUT2D eigenvalue weighted by Crippen LogP contribution is -2.26. The minimum absolute atomic E-state index is 0.136. The van der Waals surface area contributed by atoms with Crippen LogP contribution in [-0.4, -0.2) is 17.9 Å². The van der Waals surface area contributed by atoms with E-state index in [-0.39, 0.29) is 5.91 Å². The molecule has 2 aromatic carbocycles. The number of hydrogen-bond acceptors (Lipinski definition) is 2. The highest BCUT2D eigenvalue weighted by molar-refractivity contribution is 6.36. The maximum absolute atomic E-state index is 12.4. The Morgan fingerprint density at radius 2 is 1.85 bits per heavy atom. The van der Waals surface area contributed by atoms with Crippen LogP contribution < -0.4 is 5.73 Å². The number of carbonyl (C=O) groups excluding carboxylic acids is 1. The molecule has 0 aromatic heterocycles. The van der Waals surface area contributed by atoms with Crippen LogP contribution in [0.1, 0.15) is 21.5 Å². The molecule has 3 nitrogen and oxygen atoms in total. The SMILES string of the molecule is Cc1ccc(CN(C)C(=O)c2cccc(N)c2Cl)cc1. The van der Waals surface area contributed by atoms with Gasteiger partial charge in [0.1, 0.15) is 0 Å². The average Bonchev–Trinajstić information content (AvgIpc) is 2.43. The molecule has 0 saturated carbocycles. The summed E-state index contributed by atoms with van der Waals surface area (Å²) < 4.78 is 0. The van der Waals surface area contributed by atoms with Gasteiger partial charge in [-0.3, -0.25) is 4.79 Å². The molecule has 0 fully saturated rings. The molecule has 0 bridgehead atoms. The zero-order valence-electron chi connectivity index (χ0n) is 11.6. The van der Waals surface area contributed by atoms with Crippen LogP contribution in [0.3, 0.4) is 0 Å². The fourth-order valence-corrected chi connectivity index (χ4v) is 2.17. The van der Waals surface area contributed by atoms with Gasteiger partial charge in [-0.1, -0.05) is 47.5 Å². The summed E-state index contributed by atoms with van der Waals surface area (Å²) in [7, 11) is 1.75. The van der Waals surface area contributed by atoms with Crippen LogP contribution in [0.4, 0.5) is 5.69 Å². The lowest BCUT2D eigenvalue weighted by atomic mass is 10.1. The summed E-state index contributed by atoms with van der Waals surface area (Å²) in [4.78, 5) is 14.0. The Labute approximate surface area is 124 Å². The van der Waals surface area contributed by atoms with Crippen LogP contribution in [0.25, 0.3) is 0 Å². The average molecular weight is 289 g/mol. The number of benzene rings is 2. The first-order chi connectivity index (χ1) is 9.49. The van der Waals surface area contributed by atoms with Crippen molar-refractivity contribution in [2.24, 2.45) is 0 Å². The smallest absolute Gasteiger partial charge is 0.255 e. The molecule has 4 heteroatoms. The second-order valence-corrected chi connectivity index (χ2v) is 5.23. The second kappa shape index (κ2) is 5.97. The van der Waals surface area contributed by atoms with Crippen LogP contribution in [0.2, 0.25) is 5.02 Å². The molecular weight excluding hydrogens is 272 g/mol. The summed E-state index contributed by atoms with van der Waals surface area (Å²) in [6.45, 7) is 2.56. The monoisotopic (exact) mass is 288 g/mol. The fraction of sp³-hybridized carbons (Fsp3) is 0.188. The molecule has 0 radical (unpaired) electrons. The Morgan fingerprint density at radius 3 is 2.50 bits per heavy atom. The van der Waals surface area contributed by atoms with E-state index in [1.807, 2.05) is 31.2 Å². The third-order valence-corrected chi connectivity index (χ3v) is 3.57. The van der Waals surface area contributed by atoms with Crippen molar-refractivity contribution in [1.82, 2.24) is 4.90 Å². The van der Waals surface area contributed by atoms with E-state index in [0.717, 1.165) is 5.56 Å². The van der Waals surface area contributed by atoms with E-state index in [9.17, 15) is 4.79 Å². The maximum atomic E-state index is 12.4. The van der Waals surface area contributed by atoms with E-state index in [1.165, 1.54) is 5.56 Å². The van der Waals surface area contributed by atoms with E-state index in [4.69, 9.17) is 17.3 Å². The molecule has 2 N–H and O–H groups in total. The Hall–Kier alpha value is -2.00. The van der Waals surface area contributed by atoms with Gasteiger partial charge in [-0.05, 0) is 24.6 Å². The van der Waals surface area contributed by atoms with Crippen LogP contribution in [0.5, 0.6) is 0 Å². The Morgan fingerprint density at radius 1 is 1.20 bits per heavy atom. The molecule has 2 rings (SSSR count). The van der Waals surface area contributed by atoms with Crippen LogP contribution in [-0.2, 0) is 6.54 Å². The number of amides is 1. The van der Waals surface area contributed by atoms with Gasteiger partial charge in [-0.25, -0.2) is 0 Å². The van der Waals surface area contributed by atoms with Crippen molar-refractivity contribution in [3.63, 3.8) is 0 Å². The molecule has 0 aliphatic rings. The number of nitrogen functional groups attached to an aromatic ring is 1. The number of carbonyl (C=O) groups is 1. The van der Waals surface area contributed by atoms with Crippen molar-refractivity contribution in [2.45, 2.75) is 13.5 Å². The number of anilines is 1. The highest BCUT2D eigenvalue weighted by atomic mass is 35.5. The molecule has 1 amide bonds. The molecule has 0 saturated heterocycles. The van der Waals surface area contributed by atoms with Gasteiger partial charge in [0.25, 0.3) is 5.91 Å². The number of nitrogens with two attached hydrogens (primary N) is 1. The predicted molar refractivity (Wildman–Crippen MR) is 82.8 cm³/mol. The summed E-state index contributed by atoms with van der Waals surface area (Å²) >= 11 is 6.08. The van der Waals surface area contributed by atoms with Crippen molar-refractivity contribution in [2.75, 3.05) is 12.8 Å². The first-order valence-corrected chi connectivity index (χ1v) is 6.72. The van der Waals surface area contributed by atoms with Gasteiger partial charge < -0.3 is 10.6 Å². The third kappa shape index (κ3) is 3.11. The van der Waals surface area contributed by atoms with Gasteiger partial charge in [0.05, 0.1) is 16.3 Å². The highest BCUT2D eigenvalue weighted by Gasteiger charge is 2.16. The first kappa shape index (κ1) is 14.4. The Kier molecular flexibility index (Phi) is 4.30. The van der Waals surface area contributed by atoms with E-state index in [0.29, 0.717) is 22.8 Å². The van der Waals surface area contributed by atoms with Gasteiger partial charge in [-0.2, -0.15) is 0 Å². The number of hydrogen-bond donors (Lipinski definition) is 1. The molecule has 104 valence electrons. The largest absolute Gasteiger partial charge is 0.398 e. The molecule has 0 aliphatic carbocycles. The Balaban J connectivity index is 2.16. The van der Waals surface area contributed by atoms with Gasteiger partial charge in [-0.15, -0.1) is 0 Å². The van der Waals surface area contributed by atoms with Crippen molar-refractivity contribution in [3.8, 4) is 0 Å². The van der Waals surface area contributed by atoms with Crippen LogP contribution >= 0.6 is 11.6 Å². The molecule has 2 aromatic rings. The van der Waals surface area contributed by atoms with E-state index in [2.05, 4.69) is 0 Å². The molecule has 0 atom stereocenters. The predicted octanol–water partition coefficient (Wildman–Crippen LogP) is 3.50. The molecular formula is C16H17ClN2O. The zero-order chi connectivity index (χ0) is 14.7. The van der Waals surface area contributed by atoms with E-state index in [1.54, 1.807) is 30.1 Å². The standard InChI is InChI=1S/C16H17ClN2O/c1-11-6-8-12(9-7-11)10-19(2)16(20)13-4-3-5-14(18)15(13)17/h3-9H,10,18H2,1-2H3. The van der Waals surface area contributed by atoms with Gasteiger partial charge >= 0.3 is 0 Å². The number of aryl methyl sites for hydroxylation is 1. The van der Waals surface area contributed by atoms with Crippen molar-refractivity contribution >= 4 is 23.2 Å². The number of rotatable bonds is 3. The lowest BCUT2D eigenvalue weighted by molar-refractivity contribution is 0.0785. The maximum Gasteiger partial charge on any atom is 0.255 e. The van der Waals surface area contributed by atoms with Crippen LogP contribution in [0, 0.1) is 6.92 Å². The molecule has 0 unspecified atom stereocenters. The molecule has 0 heterocycles. The Bertz CT molecular complexity index is 623. The third-order valence-electron chi connectivity index (χ3n) is 3.15. The molecule has 0 aliphatic heterocycles. The zero-order valence-corrected chi connectivity index (χ0v) is 12.3. The topological polar surface area (TPSA) is 46.3 Å². The quantitative estimate of drug-likeness (QED) is 0.879. The summed E-state index contributed by atoms with van der Waals surface area (Å²) in [6, 6.07) is 13.2. The highest BCUT2D eigenvalue weighted by Crippen LogP contribution is 2.24. The van der Waals surface area contributed by atoms with E-state index < -0.39 is 0 Å². The van der Waals surface area contributed by atoms with Gasteiger partial charge in [0.2, 0.25) is 0 Å². The molecule has 0 spiro atoms. The fourth-order valence-electron chi connectivity index (χ4n) is 1.96. The van der Waals surface area contributed by atoms with Gasteiger partial charge in [0.15, 0.2) is 0 Å². The van der Waals surface area contributed by atoms with Crippen molar-refractivity contribution < 1.29 is 4.79 Å².